The summed E-state index contributed by atoms with van der Waals surface area (Å²) in [6.07, 6.45) is 0. The van der Waals surface area contributed by atoms with Crippen molar-refractivity contribution >= 4 is 5.91 Å². The summed E-state index contributed by atoms with van der Waals surface area (Å²) in [4.78, 5) is 22.6. The fraction of sp³-hybridized carbons (Fsp3) is 0.214. The minimum atomic E-state index is -0.328. The van der Waals surface area contributed by atoms with E-state index < -0.39 is 0 Å². The van der Waals surface area contributed by atoms with Gasteiger partial charge in [0.1, 0.15) is 5.69 Å². The van der Waals surface area contributed by atoms with Crippen LogP contribution >= 0.6 is 0 Å². The lowest BCUT2D eigenvalue weighted by Gasteiger charge is -2.07. The van der Waals surface area contributed by atoms with Gasteiger partial charge < -0.3 is 5.32 Å². The van der Waals surface area contributed by atoms with Gasteiger partial charge in [0.05, 0.1) is 0 Å². The van der Waals surface area contributed by atoms with Crippen LogP contribution in [0.5, 0.6) is 0 Å². The highest BCUT2D eigenvalue weighted by Crippen LogP contribution is 2.09. The quantitative estimate of drug-likeness (QED) is 0.870. The Morgan fingerprint density at radius 2 is 2.00 bits per heavy atom. The minimum absolute atomic E-state index is 0.198. The molecule has 0 saturated carbocycles. The zero-order valence-electron chi connectivity index (χ0n) is 10.9. The maximum atomic E-state index is 11.8. The van der Waals surface area contributed by atoms with Crippen molar-refractivity contribution in [1.82, 2.24) is 15.5 Å². The number of rotatable bonds is 3. The Morgan fingerprint density at radius 3 is 2.63 bits per heavy atom. The number of nitrogens with zero attached hydrogens (tertiary/aromatic N) is 1. The lowest BCUT2D eigenvalue weighted by Crippen LogP contribution is -2.25. The molecule has 0 atom stereocenters. The summed E-state index contributed by atoms with van der Waals surface area (Å²) >= 11 is 0. The van der Waals surface area contributed by atoms with Crippen LogP contribution in [0.3, 0.4) is 0 Å². The molecular formula is C14H15N3O2. The van der Waals surface area contributed by atoms with Crippen LogP contribution in [0.15, 0.2) is 35.1 Å². The first-order valence-corrected chi connectivity index (χ1v) is 5.96. The normalized spacial score (nSPS) is 10.2. The number of aromatic amines is 1. The molecule has 0 aliphatic carbocycles. The summed E-state index contributed by atoms with van der Waals surface area (Å²) in [5, 5.41) is 8.66. The second-order valence-electron chi connectivity index (χ2n) is 4.41. The first-order chi connectivity index (χ1) is 9.06. The van der Waals surface area contributed by atoms with Gasteiger partial charge in [-0.2, -0.15) is 5.10 Å². The molecule has 19 heavy (non-hydrogen) atoms. The first-order valence-electron chi connectivity index (χ1n) is 5.96. The molecule has 0 aliphatic rings. The molecule has 1 aromatic heterocycles. The van der Waals surface area contributed by atoms with Gasteiger partial charge in [0.15, 0.2) is 0 Å². The molecule has 0 aliphatic heterocycles. The Kier molecular flexibility index (Phi) is 3.75. The van der Waals surface area contributed by atoms with Gasteiger partial charge in [0, 0.05) is 12.6 Å². The molecule has 1 amide bonds. The average Bonchev–Trinajstić information content (AvgIpc) is 2.40. The molecule has 2 rings (SSSR count). The Labute approximate surface area is 110 Å². The van der Waals surface area contributed by atoms with Crippen LogP contribution in [0.4, 0.5) is 0 Å². The van der Waals surface area contributed by atoms with Crippen molar-refractivity contribution in [3.63, 3.8) is 0 Å². The van der Waals surface area contributed by atoms with Crippen LogP contribution in [0.2, 0.25) is 0 Å². The zero-order chi connectivity index (χ0) is 13.8. The fourth-order valence-corrected chi connectivity index (χ4v) is 1.66. The number of amides is 1. The van der Waals surface area contributed by atoms with Gasteiger partial charge in [0.2, 0.25) is 0 Å². The van der Waals surface area contributed by atoms with Crippen LogP contribution in [0.25, 0.3) is 0 Å². The number of hydrogen-bond acceptors (Lipinski definition) is 3. The van der Waals surface area contributed by atoms with Crippen molar-refractivity contribution in [3.8, 4) is 0 Å². The molecule has 0 unspecified atom stereocenters. The number of carbonyl (C=O) groups excluding carboxylic acids is 1. The van der Waals surface area contributed by atoms with Crippen molar-refractivity contribution in [1.29, 1.82) is 0 Å². The van der Waals surface area contributed by atoms with E-state index in [1.807, 2.05) is 32.0 Å². The number of benzene rings is 1. The first kappa shape index (κ1) is 13.0. The van der Waals surface area contributed by atoms with Crippen molar-refractivity contribution < 1.29 is 4.79 Å². The second kappa shape index (κ2) is 5.48. The van der Waals surface area contributed by atoms with Crippen LogP contribution in [-0.4, -0.2) is 16.1 Å². The molecule has 2 N–H and O–H groups in total. The molecule has 2 aromatic rings. The molecule has 0 bridgehead atoms. The number of hydrogen-bond donors (Lipinski definition) is 2. The standard InChI is InChI=1S/C14H15N3O2/c1-9-3-4-11(7-10(9)2)8-15-14(19)12-5-6-13(18)17-16-12/h3-7H,8H2,1-2H3,(H,15,19)(H,17,18). The van der Waals surface area contributed by atoms with E-state index in [0.29, 0.717) is 6.54 Å². The van der Waals surface area contributed by atoms with Gasteiger partial charge in [-0.05, 0) is 36.6 Å². The highest BCUT2D eigenvalue weighted by molar-refractivity contribution is 5.91. The zero-order valence-corrected chi connectivity index (χ0v) is 10.9. The second-order valence-corrected chi connectivity index (χ2v) is 4.41. The van der Waals surface area contributed by atoms with E-state index in [0.717, 1.165) is 5.56 Å². The minimum Gasteiger partial charge on any atom is -0.347 e. The third kappa shape index (κ3) is 3.28. The van der Waals surface area contributed by atoms with Gasteiger partial charge in [0.25, 0.3) is 11.5 Å². The molecule has 1 heterocycles. The summed E-state index contributed by atoms with van der Waals surface area (Å²) < 4.78 is 0. The maximum absolute atomic E-state index is 11.8. The number of aromatic nitrogens is 2. The monoisotopic (exact) mass is 257 g/mol. The molecular weight excluding hydrogens is 242 g/mol. The number of carbonyl (C=O) groups is 1. The highest BCUT2D eigenvalue weighted by Gasteiger charge is 2.06. The number of H-pyrrole nitrogens is 1. The summed E-state index contributed by atoms with van der Waals surface area (Å²) in [5.41, 5.74) is 3.31. The topological polar surface area (TPSA) is 74.8 Å². The van der Waals surface area contributed by atoms with Crippen LogP contribution in [-0.2, 0) is 6.54 Å². The van der Waals surface area contributed by atoms with Crippen molar-refractivity contribution in [3.05, 3.63) is 63.1 Å². The largest absolute Gasteiger partial charge is 0.347 e. The Balaban J connectivity index is 2.02. The highest BCUT2D eigenvalue weighted by atomic mass is 16.2. The summed E-state index contributed by atoms with van der Waals surface area (Å²) in [6, 6.07) is 8.71. The van der Waals surface area contributed by atoms with Gasteiger partial charge in [-0.1, -0.05) is 18.2 Å². The third-order valence-electron chi connectivity index (χ3n) is 2.94. The van der Waals surface area contributed by atoms with E-state index >= 15 is 0 Å². The molecule has 5 heteroatoms. The van der Waals surface area contributed by atoms with Gasteiger partial charge in [-0.3, -0.25) is 9.59 Å². The predicted molar refractivity (Wildman–Crippen MR) is 71.9 cm³/mol. The maximum Gasteiger partial charge on any atom is 0.271 e. The van der Waals surface area contributed by atoms with Crippen molar-refractivity contribution in [2.24, 2.45) is 0 Å². The molecule has 98 valence electrons. The van der Waals surface area contributed by atoms with E-state index in [-0.39, 0.29) is 17.2 Å². The van der Waals surface area contributed by atoms with Gasteiger partial charge in [-0.25, -0.2) is 5.10 Å². The van der Waals surface area contributed by atoms with Gasteiger partial charge in [-0.15, -0.1) is 0 Å². The van der Waals surface area contributed by atoms with E-state index in [9.17, 15) is 9.59 Å². The molecule has 1 aromatic carbocycles. The average molecular weight is 257 g/mol. The molecule has 0 radical (unpaired) electrons. The smallest absolute Gasteiger partial charge is 0.271 e. The predicted octanol–water partition coefficient (Wildman–Crippen LogP) is 1.32. The van der Waals surface area contributed by atoms with Gasteiger partial charge >= 0.3 is 0 Å². The van der Waals surface area contributed by atoms with Crippen molar-refractivity contribution in [2.45, 2.75) is 20.4 Å². The lowest BCUT2D eigenvalue weighted by molar-refractivity contribution is 0.0945. The third-order valence-corrected chi connectivity index (χ3v) is 2.94. The SMILES string of the molecule is Cc1ccc(CNC(=O)c2ccc(=O)[nH]n2)cc1C. The van der Waals surface area contributed by atoms with Crippen LogP contribution in [0, 0.1) is 13.8 Å². The Hall–Kier alpha value is -2.43. The lowest BCUT2D eigenvalue weighted by atomic mass is 10.1. The fourth-order valence-electron chi connectivity index (χ4n) is 1.66. The molecule has 0 spiro atoms. The Morgan fingerprint density at radius 1 is 1.21 bits per heavy atom. The summed E-state index contributed by atoms with van der Waals surface area (Å²) in [5.74, 6) is -0.311. The molecule has 0 fully saturated rings. The molecule has 0 saturated heterocycles. The van der Waals surface area contributed by atoms with Crippen molar-refractivity contribution in [2.75, 3.05) is 0 Å². The Bertz CT molecular complexity index is 641. The molecule has 5 nitrogen and oxygen atoms in total. The number of aryl methyl sites for hydroxylation is 2. The van der Waals surface area contributed by atoms with E-state index in [1.54, 1.807) is 0 Å². The van der Waals surface area contributed by atoms with Crippen LogP contribution in [0.1, 0.15) is 27.2 Å². The van der Waals surface area contributed by atoms with E-state index in [1.165, 1.54) is 23.3 Å². The van der Waals surface area contributed by atoms with E-state index in [2.05, 4.69) is 15.5 Å². The van der Waals surface area contributed by atoms with E-state index in [4.69, 9.17) is 0 Å². The van der Waals surface area contributed by atoms with Crippen LogP contribution < -0.4 is 10.9 Å². The summed E-state index contributed by atoms with van der Waals surface area (Å²) in [7, 11) is 0. The summed E-state index contributed by atoms with van der Waals surface area (Å²) in [6.45, 7) is 4.51. The number of nitrogens with one attached hydrogen (secondary N) is 2.